The molecule has 3 N–H and O–H groups in total. The summed E-state index contributed by atoms with van der Waals surface area (Å²) in [5, 5.41) is 8.52. The molecule has 0 aromatic heterocycles. The summed E-state index contributed by atoms with van der Waals surface area (Å²) in [6.45, 7) is 2.68. The highest BCUT2D eigenvalue weighted by Crippen LogP contribution is 2.12. The number of benzene rings is 2. The number of carbonyl (C=O) groups is 3. The Morgan fingerprint density at radius 2 is 1.48 bits per heavy atom. The molecule has 0 bridgehead atoms. The van der Waals surface area contributed by atoms with E-state index >= 15 is 0 Å². The molecule has 2 aromatic rings. The fraction of sp³-hybridized carbons (Fsp3) is 0.250. The Balaban J connectivity index is 1.83. The van der Waals surface area contributed by atoms with E-state index in [0.717, 1.165) is 6.42 Å². The van der Waals surface area contributed by atoms with Gasteiger partial charge in [0.2, 0.25) is 5.91 Å². The van der Waals surface area contributed by atoms with Crippen LogP contribution in [0.15, 0.2) is 48.5 Å². The number of esters is 1. The molecule has 0 heterocycles. The second-order valence-electron chi connectivity index (χ2n) is 5.80. The molecule has 0 spiro atoms. The van der Waals surface area contributed by atoms with Crippen LogP contribution in [-0.4, -0.2) is 38.0 Å². The molecule has 2 rings (SSSR count). The second kappa shape index (κ2) is 9.96. The summed E-state index contributed by atoms with van der Waals surface area (Å²) in [6.07, 6.45) is 0.873. The lowest BCUT2D eigenvalue weighted by atomic mass is 10.2. The third-order valence-electron chi connectivity index (χ3n) is 3.73. The number of ether oxygens (including phenoxy) is 1. The minimum atomic E-state index is -0.411. The lowest BCUT2D eigenvalue weighted by Crippen LogP contribution is -2.24. The standard InChI is InChI=1S/C20H23N3O4/c1-3-12-21-19(25)14-4-10-17(11-5-14)23-18(24)13-22-16-8-6-15(7-9-16)20(26)27-2/h4-11,22H,3,12-13H2,1-2H3,(H,21,25)(H,23,24). The van der Waals surface area contributed by atoms with Crippen molar-refractivity contribution < 1.29 is 19.1 Å². The molecule has 2 aromatic carbocycles. The Morgan fingerprint density at radius 1 is 0.889 bits per heavy atom. The number of methoxy groups -OCH3 is 1. The smallest absolute Gasteiger partial charge is 0.337 e. The van der Waals surface area contributed by atoms with Gasteiger partial charge < -0.3 is 20.7 Å². The molecule has 7 nitrogen and oxygen atoms in total. The molecule has 0 atom stereocenters. The van der Waals surface area contributed by atoms with Crippen molar-refractivity contribution in [2.24, 2.45) is 0 Å². The zero-order chi connectivity index (χ0) is 19.6. The van der Waals surface area contributed by atoms with Gasteiger partial charge in [-0.25, -0.2) is 4.79 Å². The molecule has 0 aliphatic heterocycles. The van der Waals surface area contributed by atoms with Gasteiger partial charge in [0.05, 0.1) is 19.2 Å². The van der Waals surface area contributed by atoms with Crippen LogP contribution in [0.5, 0.6) is 0 Å². The first-order chi connectivity index (χ1) is 13.0. The maximum absolute atomic E-state index is 12.0. The Morgan fingerprint density at radius 3 is 2.07 bits per heavy atom. The van der Waals surface area contributed by atoms with Gasteiger partial charge in [0, 0.05) is 23.5 Å². The average molecular weight is 369 g/mol. The van der Waals surface area contributed by atoms with Crippen molar-refractivity contribution in [2.75, 3.05) is 30.8 Å². The van der Waals surface area contributed by atoms with E-state index in [1.165, 1.54) is 7.11 Å². The number of rotatable bonds is 8. The Kier molecular flexibility index (Phi) is 7.37. The third-order valence-corrected chi connectivity index (χ3v) is 3.73. The fourth-order valence-corrected chi connectivity index (χ4v) is 2.28. The molecule has 7 heteroatoms. The predicted molar refractivity (Wildman–Crippen MR) is 104 cm³/mol. The van der Waals surface area contributed by atoms with E-state index in [1.54, 1.807) is 48.5 Å². The van der Waals surface area contributed by atoms with Gasteiger partial charge in [0.15, 0.2) is 0 Å². The van der Waals surface area contributed by atoms with Crippen molar-refractivity contribution in [2.45, 2.75) is 13.3 Å². The number of nitrogens with one attached hydrogen (secondary N) is 3. The van der Waals surface area contributed by atoms with Crippen molar-refractivity contribution >= 4 is 29.2 Å². The zero-order valence-electron chi connectivity index (χ0n) is 15.4. The summed E-state index contributed by atoms with van der Waals surface area (Å²) < 4.78 is 4.63. The molecule has 2 amide bonds. The van der Waals surface area contributed by atoms with E-state index in [-0.39, 0.29) is 18.4 Å². The molecule has 0 aliphatic rings. The zero-order valence-corrected chi connectivity index (χ0v) is 15.4. The SMILES string of the molecule is CCCNC(=O)c1ccc(NC(=O)CNc2ccc(C(=O)OC)cc2)cc1. The summed E-state index contributed by atoms with van der Waals surface area (Å²) >= 11 is 0. The van der Waals surface area contributed by atoms with Crippen molar-refractivity contribution in [1.82, 2.24) is 5.32 Å². The summed E-state index contributed by atoms with van der Waals surface area (Å²) in [5.41, 5.74) is 2.30. The Labute approximate surface area is 158 Å². The monoisotopic (exact) mass is 369 g/mol. The minimum Gasteiger partial charge on any atom is -0.465 e. The van der Waals surface area contributed by atoms with Gasteiger partial charge in [-0.2, -0.15) is 0 Å². The fourth-order valence-electron chi connectivity index (χ4n) is 2.28. The van der Waals surface area contributed by atoms with Crippen molar-refractivity contribution in [1.29, 1.82) is 0 Å². The van der Waals surface area contributed by atoms with Crippen LogP contribution >= 0.6 is 0 Å². The number of amides is 2. The number of anilines is 2. The van der Waals surface area contributed by atoms with Crippen molar-refractivity contribution in [3.05, 3.63) is 59.7 Å². The van der Waals surface area contributed by atoms with Crippen molar-refractivity contribution in [3.63, 3.8) is 0 Å². The van der Waals surface area contributed by atoms with Crippen LogP contribution in [0.1, 0.15) is 34.1 Å². The van der Waals surface area contributed by atoms with E-state index in [2.05, 4.69) is 20.7 Å². The van der Waals surface area contributed by atoms with Gasteiger partial charge >= 0.3 is 5.97 Å². The molecule has 0 unspecified atom stereocenters. The molecule has 0 saturated carbocycles. The topological polar surface area (TPSA) is 96.5 Å². The van der Waals surface area contributed by atoms with E-state index < -0.39 is 5.97 Å². The second-order valence-corrected chi connectivity index (χ2v) is 5.80. The number of hydrogen-bond donors (Lipinski definition) is 3. The maximum Gasteiger partial charge on any atom is 0.337 e. The van der Waals surface area contributed by atoms with Gasteiger partial charge in [0.1, 0.15) is 0 Å². The summed E-state index contributed by atoms with van der Waals surface area (Å²) in [4.78, 5) is 35.3. The maximum atomic E-state index is 12.0. The largest absolute Gasteiger partial charge is 0.465 e. The molecule has 0 radical (unpaired) electrons. The van der Waals surface area contributed by atoms with Crippen LogP contribution < -0.4 is 16.0 Å². The van der Waals surface area contributed by atoms with E-state index in [4.69, 9.17) is 0 Å². The first kappa shape index (κ1) is 20.0. The molecular weight excluding hydrogens is 346 g/mol. The normalized spacial score (nSPS) is 10.0. The van der Waals surface area contributed by atoms with Crippen LogP contribution in [0, 0.1) is 0 Å². The quantitative estimate of drug-likeness (QED) is 0.622. The van der Waals surface area contributed by atoms with Gasteiger partial charge in [-0.05, 0) is 55.0 Å². The van der Waals surface area contributed by atoms with Crippen LogP contribution in [0.4, 0.5) is 11.4 Å². The van der Waals surface area contributed by atoms with E-state index in [1.807, 2.05) is 6.92 Å². The summed E-state index contributed by atoms with van der Waals surface area (Å²) in [7, 11) is 1.32. The van der Waals surface area contributed by atoms with Gasteiger partial charge in [-0.15, -0.1) is 0 Å². The Hall–Kier alpha value is -3.35. The van der Waals surface area contributed by atoms with E-state index in [0.29, 0.717) is 29.0 Å². The average Bonchev–Trinajstić information content (AvgIpc) is 2.70. The van der Waals surface area contributed by atoms with Crippen molar-refractivity contribution in [3.8, 4) is 0 Å². The third kappa shape index (κ3) is 6.14. The van der Waals surface area contributed by atoms with Crippen LogP contribution in [0.2, 0.25) is 0 Å². The highest BCUT2D eigenvalue weighted by atomic mass is 16.5. The first-order valence-corrected chi connectivity index (χ1v) is 8.64. The van der Waals surface area contributed by atoms with Crippen LogP contribution in [0.3, 0.4) is 0 Å². The number of carbonyl (C=O) groups excluding carboxylic acids is 3. The molecular formula is C20H23N3O4. The Bertz CT molecular complexity index is 786. The van der Waals surface area contributed by atoms with Crippen LogP contribution in [-0.2, 0) is 9.53 Å². The summed E-state index contributed by atoms with van der Waals surface area (Å²) in [6, 6.07) is 13.3. The molecule has 0 aliphatic carbocycles. The first-order valence-electron chi connectivity index (χ1n) is 8.64. The molecule has 142 valence electrons. The van der Waals surface area contributed by atoms with E-state index in [9.17, 15) is 14.4 Å². The highest BCUT2D eigenvalue weighted by molar-refractivity contribution is 5.96. The molecule has 0 saturated heterocycles. The lowest BCUT2D eigenvalue weighted by molar-refractivity contribution is -0.114. The van der Waals surface area contributed by atoms with Gasteiger partial charge in [0.25, 0.3) is 5.91 Å². The highest BCUT2D eigenvalue weighted by Gasteiger charge is 2.07. The van der Waals surface area contributed by atoms with Gasteiger partial charge in [-0.1, -0.05) is 6.92 Å². The number of hydrogen-bond acceptors (Lipinski definition) is 5. The summed E-state index contributed by atoms with van der Waals surface area (Å²) in [5.74, 6) is -0.770. The molecule has 0 fully saturated rings. The van der Waals surface area contributed by atoms with Gasteiger partial charge in [-0.3, -0.25) is 9.59 Å². The minimum absolute atomic E-state index is 0.0658. The lowest BCUT2D eigenvalue weighted by Gasteiger charge is -2.09. The predicted octanol–water partition coefficient (Wildman–Crippen LogP) is 2.66. The van der Waals surface area contributed by atoms with Crippen LogP contribution in [0.25, 0.3) is 0 Å². The molecule has 27 heavy (non-hydrogen) atoms.